The van der Waals surface area contributed by atoms with Crippen molar-refractivity contribution in [1.29, 1.82) is 0 Å². The molecule has 8 heteroatoms. The van der Waals surface area contributed by atoms with E-state index in [-0.39, 0.29) is 18.3 Å². The first-order valence-corrected chi connectivity index (χ1v) is 10.8. The lowest BCUT2D eigenvalue weighted by atomic mass is 10.1. The quantitative estimate of drug-likeness (QED) is 0.700. The number of benzene rings is 1. The molecule has 7 nitrogen and oxygen atoms in total. The summed E-state index contributed by atoms with van der Waals surface area (Å²) in [4.78, 5) is 15.0. The van der Waals surface area contributed by atoms with Gasteiger partial charge in [-0.25, -0.2) is 0 Å². The van der Waals surface area contributed by atoms with Crippen molar-refractivity contribution in [2.45, 2.75) is 38.1 Å². The van der Waals surface area contributed by atoms with Gasteiger partial charge in [-0.3, -0.25) is 14.4 Å². The number of rotatable bonds is 7. The van der Waals surface area contributed by atoms with Crippen molar-refractivity contribution in [2.75, 3.05) is 44.6 Å². The molecule has 2 aliphatic heterocycles. The van der Waals surface area contributed by atoms with Gasteiger partial charge in [0.1, 0.15) is 12.4 Å². The topological polar surface area (TPSA) is 71.4 Å². The van der Waals surface area contributed by atoms with E-state index in [0.29, 0.717) is 18.3 Å². The van der Waals surface area contributed by atoms with E-state index < -0.39 is 0 Å². The number of ether oxygens (including phenoxy) is 1. The maximum Gasteiger partial charge on any atom is 0.276 e. The van der Waals surface area contributed by atoms with Gasteiger partial charge in [0.2, 0.25) is 0 Å². The Bertz CT molecular complexity index is 783. The van der Waals surface area contributed by atoms with Crippen molar-refractivity contribution < 1.29 is 9.53 Å². The highest BCUT2D eigenvalue weighted by atomic mass is 35.5. The molecule has 0 bridgehead atoms. The number of hydrogen-bond donors (Lipinski definition) is 2. The van der Waals surface area contributed by atoms with Gasteiger partial charge in [0, 0.05) is 25.0 Å². The summed E-state index contributed by atoms with van der Waals surface area (Å²) in [5.41, 5.74) is 1.18. The monoisotopic (exact) mass is 433 g/mol. The zero-order valence-corrected chi connectivity index (χ0v) is 18.2. The van der Waals surface area contributed by atoms with Gasteiger partial charge in [-0.15, -0.1) is 12.4 Å². The van der Waals surface area contributed by atoms with Crippen LogP contribution < -0.4 is 15.4 Å². The van der Waals surface area contributed by atoms with Crippen molar-refractivity contribution in [3.63, 3.8) is 0 Å². The molecule has 164 valence electrons. The van der Waals surface area contributed by atoms with Crippen LogP contribution in [0.1, 0.15) is 48.6 Å². The molecule has 0 spiro atoms. The number of anilines is 1. The highest BCUT2D eigenvalue weighted by Gasteiger charge is 2.18. The number of carbonyl (C=O) groups excluding carboxylic acids is 1. The zero-order valence-electron chi connectivity index (χ0n) is 17.4. The van der Waals surface area contributed by atoms with Crippen LogP contribution >= 0.6 is 12.4 Å². The fourth-order valence-electron chi connectivity index (χ4n) is 4.03. The van der Waals surface area contributed by atoms with E-state index in [1.807, 2.05) is 35.1 Å². The lowest BCUT2D eigenvalue weighted by Gasteiger charge is -2.26. The van der Waals surface area contributed by atoms with Gasteiger partial charge in [0.15, 0.2) is 5.69 Å². The Kier molecular flexibility index (Phi) is 8.54. The zero-order chi connectivity index (χ0) is 19.9. The lowest BCUT2D eigenvalue weighted by molar-refractivity contribution is 0.102. The molecule has 1 aromatic carbocycles. The SMILES string of the molecule is Cl.O=C(Nc1ccc(OCCN2CCCCC2)cc1)c1ccn(C2CCCNC2)n1. The average Bonchev–Trinajstić information content (AvgIpc) is 3.27. The molecule has 3 heterocycles. The summed E-state index contributed by atoms with van der Waals surface area (Å²) in [6, 6.07) is 9.65. The molecule has 2 aromatic rings. The largest absolute Gasteiger partial charge is 0.492 e. The Morgan fingerprint density at radius 3 is 2.67 bits per heavy atom. The van der Waals surface area contributed by atoms with E-state index >= 15 is 0 Å². The van der Waals surface area contributed by atoms with E-state index in [9.17, 15) is 4.79 Å². The minimum absolute atomic E-state index is 0. The molecule has 2 fully saturated rings. The first-order valence-electron chi connectivity index (χ1n) is 10.8. The molecule has 0 aliphatic carbocycles. The third kappa shape index (κ3) is 6.20. The summed E-state index contributed by atoms with van der Waals surface area (Å²) in [6.07, 6.45) is 8.07. The van der Waals surface area contributed by atoms with Crippen LogP contribution in [0.2, 0.25) is 0 Å². The van der Waals surface area contributed by atoms with Crippen molar-refractivity contribution in [2.24, 2.45) is 0 Å². The maximum absolute atomic E-state index is 12.5. The lowest BCUT2D eigenvalue weighted by Crippen LogP contribution is -2.33. The van der Waals surface area contributed by atoms with Crippen LogP contribution in [0.5, 0.6) is 5.75 Å². The molecule has 30 heavy (non-hydrogen) atoms. The van der Waals surface area contributed by atoms with Crippen LogP contribution in [0.3, 0.4) is 0 Å². The highest BCUT2D eigenvalue weighted by molar-refractivity contribution is 6.02. The van der Waals surface area contributed by atoms with E-state index in [1.165, 1.54) is 32.4 Å². The Balaban J connectivity index is 0.00000256. The average molecular weight is 434 g/mol. The standard InChI is InChI=1S/C22H31N5O2.ClH/c28-22(21-10-14-27(25-21)19-5-4-11-23-17-19)24-18-6-8-20(9-7-18)29-16-15-26-12-2-1-3-13-26;/h6-10,14,19,23H,1-5,11-13,15-17H2,(H,24,28);1H. The second-order valence-corrected chi connectivity index (χ2v) is 7.91. The minimum Gasteiger partial charge on any atom is -0.492 e. The van der Waals surface area contributed by atoms with Crippen LogP contribution in [0.15, 0.2) is 36.5 Å². The predicted molar refractivity (Wildman–Crippen MR) is 121 cm³/mol. The maximum atomic E-state index is 12.5. The Morgan fingerprint density at radius 1 is 1.13 bits per heavy atom. The predicted octanol–water partition coefficient (Wildman–Crippen LogP) is 3.35. The van der Waals surface area contributed by atoms with Crippen molar-refractivity contribution >= 4 is 24.0 Å². The minimum atomic E-state index is -0.189. The number of piperidine rings is 2. The van der Waals surface area contributed by atoms with Crippen LogP contribution in [-0.4, -0.2) is 59.9 Å². The summed E-state index contributed by atoms with van der Waals surface area (Å²) in [6.45, 7) is 5.99. The number of aromatic nitrogens is 2. The van der Waals surface area contributed by atoms with E-state index in [0.717, 1.165) is 43.9 Å². The van der Waals surface area contributed by atoms with E-state index in [2.05, 4.69) is 20.6 Å². The molecule has 1 unspecified atom stereocenters. The third-order valence-electron chi connectivity index (χ3n) is 5.72. The summed E-state index contributed by atoms with van der Waals surface area (Å²) in [5.74, 6) is 0.639. The van der Waals surface area contributed by atoms with Gasteiger partial charge in [0.05, 0.1) is 6.04 Å². The molecule has 2 N–H and O–H groups in total. The second-order valence-electron chi connectivity index (χ2n) is 7.91. The Hall–Kier alpha value is -2.09. The molecule has 2 aliphatic rings. The van der Waals surface area contributed by atoms with Gasteiger partial charge < -0.3 is 15.4 Å². The summed E-state index contributed by atoms with van der Waals surface area (Å²) in [5, 5.41) is 10.8. The van der Waals surface area contributed by atoms with Gasteiger partial charge in [0.25, 0.3) is 5.91 Å². The number of carbonyl (C=O) groups is 1. The molecule has 2 saturated heterocycles. The molecule has 1 aromatic heterocycles. The molecular weight excluding hydrogens is 402 g/mol. The second kappa shape index (κ2) is 11.3. The van der Waals surface area contributed by atoms with Gasteiger partial charge in [-0.2, -0.15) is 5.10 Å². The third-order valence-corrected chi connectivity index (χ3v) is 5.72. The molecule has 0 saturated carbocycles. The van der Waals surface area contributed by atoms with Crippen LogP contribution in [0.25, 0.3) is 0 Å². The van der Waals surface area contributed by atoms with Crippen LogP contribution in [0, 0.1) is 0 Å². The van der Waals surface area contributed by atoms with Gasteiger partial charge in [-0.05, 0) is 75.6 Å². The Morgan fingerprint density at radius 2 is 1.93 bits per heavy atom. The number of likely N-dealkylation sites (tertiary alicyclic amines) is 1. The fourth-order valence-corrected chi connectivity index (χ4v) is 4.03. The number of halogens is 1. The van der Waals surface area contributed by atoms with Crippen LogP contribution in [-0.2, 0) is 0 Å². The van der Waals surface area contributed by atoms with Crippen LogP contribution in [0.4, 0.5) is 5.69 Å². The summed E-state index contributed by atoms with van der Waals surface area (Å²) in [7, 11) is 0. The van der Waals surface area contributed by atoms with Crippen molar-refractivity contribution in [1.82, 2.24) is 20.0 Å². The van der Waals surface area contributed by atoms with Crippen molar-refractivity contribution in [3.8, 4) is 5.75 Å². The number of amides is 1. The molecule has 1 amide bonds. The first kappa shape index (κ1) is 22.6. The number of nitrogens with zero attached hydrogens (tertiary/aromatic N) is 3. The van der Waals surface area contributed by atoms with E-state index in [1.54, 1.807) is 6.07 Å². The van der Waals surface area contributed by atoms with Gasteiger partial charge in [-0.1, -0.05) is 6.42 Å². The Labute approximate surface area is 184 Å². The normalized spacial score (nSPS) is 19.7. The smallest absolute Gasteiger partial charge is 0.276 e. The number of hydrogen-bond acceptors (Lipinski definition) is 5. The summed E-state index contributed by atoms with van der Waals surface area (Å²) < 4.78 is 7.75. The summed E-state index contributed by atoms with van der Waals surface area (Å²) >= 11 is 0. The molecule has 4 rings (SSSR count). The fraction of sp³-hybridized carbons (Fsp3) is 0.545. The first-order chi connectivity index (χ1) is 14.3. The number of nitrogens with one attached hydrogen (secondary N) is 2. The molecule has 1 atom stereocenters. The van der Waals surface area contributed by atoms with Gasteiger partial charge >= 0.3 is 0 Å². The van der Waals surface area contributed by atoms with Crippen molar-refractivity contribution in [3.05, 3.63) is 42.2 Å². The van der Waals surface area contributed by atoms with E-state index in [4.69, 9.17) is 4.74 Å². The highest BCUT2D eigenvalue weighted by Crippen LogP contribution is 2.18. The molecular formula is C22H32ClN5O2. The molecule has 0 radical (unpaired) electrons.